The number of hydrogen-bond acceptors (Lipinski definition) is 2. The normalized spacial score (nSPS) is 14.6. The molecule has 0 aliphatic carbocycles. The minimum atomic E-state index is 0.344. The van der Waals surface area contributed by atoms with E-state index in [4.69, 9.17) is 0 Å². The van der Waals surface area contributed by atoms with Crippen LogP contribution < -0.4 is 5.32 Å². The molecule has 0 saturated heterocycles. The van der Waals surface area contributed by atoms with Gasteiger partial charge >= 0.3 is 0 Å². The SMILES string of the molecule is C=CCN(CC=C)CC(C)(CCC)CNCC. The summed E-state index contributed by atoms with van der Waals surface area (Å²) in [6.07, 6.45) is 6.44. The third-order valence-corrected chi connectivity index (χ3v) is 3.04. The van der Waals surface area contributed by atoms with Crippen molar-refractivity contribution in [3.63, 3.8) is 0 Å². The molecule has 0 spiro atoms. The summed E-state index contributed by atoms with van der Waals surface area (Å²) >= 11 is 0. The van der Waals surface area contributed by atoms with Crippen LogP contribution >= 0.6 is 0 Å². The fourth-order valence-corrected chi connectivity index (χ4v) is 2.36. The molecule has 17 heavy (non-hydrogen) atoms. The van der Waals surface area contributed by atoms with Crippen molar-refractivity contribution < 1.29 is 0 Å². The molecule has 0 aromatic rings. The molecular weight excluding hydrogens is 208 g/mol. The minimum absolute atomic E-state index is 0.344. The first kappa shape index (κ1) is 16.4. The second kappa shape index (κ2) is 9.43. The highest BCUT2D eigenvalue weighted by atomic mass is 15.1. The molecule has 0 amide bonds. The monoisotopic (exact) mass is 238 g/mol. The summed E-state index contributed by atoms with van der Waals surface area (Å²) in [6.45, 7) is 19.6. The molecule has 2 heteroatoms. The summed E-state index contributed by atoms with van der Waals surface area (Å²) in [6, 6.07) is 0. The van der Waals surface area contributed by atoms with Crippen LogP contribution in [-0.4, -0.2) is 37.6 Å². The van der Waals surface area contributed by atoms with Crippen molar-refractivity contribution >= 4 is 0 Å². The molecule has 1 unspecified atom stereocenters. The van der Waals surface area contributed by atoms with Crippen molar-refractivity contribution in [2.24, 2.45) is 5.41 Å². The zero-order chi connectivity index (χ0) is 13.1. The second-order valence-electron chi connectivity index (χ2n) is 5.11. The lowest BCUT2D eigenvalue weighted by Gasteiger charge is -2.35. The molecule has 1 atom stereocenters. The van der Waals surface area contributed by atoms with E-state index in [0.29, 0.717) is 5.41 Å². The Bertz CT molecular complexity index is 203. The van der Waals surface area contributed by atoms with Crippen molar-refractivity contribution in [2.75, 3.05) is 32.7 Å². The number of hydrogen-bond donors (Lipinski definition) is 1. The Morgan fingerprint density at radius 2 is 1.76 bits per heavy atom. The van der Waals surface area contributed by atoms with Gasteiger partial charge in [-0.1, -0.05) is 39.3 Å². The van der Waals surface area contributed by atoms with Crippen LogP contribution in [0.1, 0.15) is 33.6 Å². The van der Waals surface area contributed by atoms with Gasteiger partial charge < -0.3 is 5.32 Å². The Labute approximate surface area is 108 Å². The summed E-state index contributed by atoms with van der Waals surface area (Å²) < 4.78 is 0. The van der Waals surface area contributed by atoms with Crippen molar-refractivity contribution in [2.45, 2.75) is 33.6 Å². The molecule has 0 saturated carbocycles. The first-order chi connectivity index (χ1) is 8.11. The Hall–Kier alpha value is -0.600. The molecule has 100 valence electrons. The summed E-state index contributed by atoms with van der Waals surface area (Å²) in [7, 11) is 0. The summed E-state index contributed by atoms with van der Waals surface area (Å²) in [5, 5.41) is 3.48. The van der Waals surface area contributed by atoms with Gasteiger partial charge in [-0.25, -0.2) is 0 Å². The average molecular weight is 238 g/mol. The summed E-state index contributed by atoms with van der Waals surface area (Å²) in [5.74, 6) is 0. The molecule has 0 radical (unpaired) electrons. The van der Waals surface area contributed by atoms with Gasteiger partial charge in [0.1, 0.15) is 0 Å². The van der Waals surface area contributed by atoms with Crippen LogP contribution in [0.4, 0.5) is 0 Å². The fraction of sp³-hybridized carbons (Fsp3) is 0.733. The van der Waals surface area contributed by atoms with Gasteiger partial charge in [0.25, 0.3) is 0 Å². The minimum Gasteiger partial charge on any atom is -0.316 e. The van der Waals surface area contributed by atoms with Crippen LogP contribution in [-0.2, 0) is 0 Å². The summed E-state index contributed by atoms with van der Waals surface area (Å²) in [5.41, 5.74) is 0.344. The third kappa shape index (κ3) is 7.35. The maximum Gasteiger partial charge on any atom is 0.0164 e. The predicted octanol–water partition coefficient (Wildman–Crippen LogP) is 3.08. The molecule has 1 N–H and O–H groups in total. The lowest BCUT2D eigenvalue weighted by atomic mass is 9.84. The molecular formula is C15H30N2. The van der Waals surface area contributed by atoms with E-state index in [1.165, 1.54) is 12.8 Å². The number of nitrogens with one attached hydrogen (secondary N) is 1. The zero-order valence-corrected chi connectivity index (χ0v) is 12.0. The largest absolute Gasteiger partial charge is 0.316 e. The van der Waals surface area contributed by atoms with Crippen molar-refractivity contribution in [3.05, 3.63) is 25.3 Å². The Morgan fingerprint density at radius 3 is 2.18 bits per heavy atom. The van der Waals surface area contributed by atoms with Gasteiger partial charge in [-0.2, -0.15) is 0 Å². The Morgan fingerprint density at radius 1 is 1.18 bits per heavy atom. The van der Waals surface area contributed by atoms with Gasteiger partial charge in [0, 0.05) is 26.2 Å². The van der Waals surface area contributed by atoms with Crippen LogP contribution in [0.3, 0.4) is 0 Å². The van der Waals surface area contributed by atoms with E-state index in [0.717, 1.165) is 32.7 Å². The van der Waals surface area contributed by atoms with Gasteiger partial charge in [0.05, 0.1) is 0 Å². The molecule has 0 rings (SSSR count). The highest BCUT2D eigenvalue weighted by Gasteiger charge is 2.25. The van der Waals surface area contributed by atoms with Crippen molar-refractivity contribution in [1.29, 1.82) is 0 Å². The topological polar surface area (TPSA) is 15.3 Å². The van der Waals surface area contributed by atoms with E-state index in [2.05, 4.69) is 44.1 Å². The highest BCUT2D eigenvalue weighted by molar-refractivity contribution is 4.86. The smallest absolute Gasteiger partial charge is 0.0164 e. The Balaban J connectivity index is 4.44. The van der Waals surface area contributed by atoms with Crippen LogP contribution in [0.2, 0.25) is 0 Å². The lowest BCUT2D eigenvalue weighted by molar-refractivity contribution is 0.172. The molecule has 2 nitrogen and oxygen atoms in total. The first-order valence-corrected chi connectivity index (χ1v) is 6.76. The summed E-state index contributed by atoms with van der Waals surface area (Å²) in [4.78, 5) is 2.41. The van der Waals surface area contributed by atoms with Crippen molar-refractivity contribution in [3.8, 4) is 0 Å². The standard InChI is InChI=1S/C15H30N2/c1-6-10-15(5,13-16-9-4)14-17(11-7-2)12-8-3/h7-8,16H,2-3,6,9-14H2,1,4-5H3. The quantitative estimate of drug-likeness (QED) is 0.557. The lowest BCUT2D eigenvalue weighted by Crippen LogP contribution is -2.42. The molecule has 0 aliphatic heterocycles. The van der Waals surface area contributed by atoms with Crippen LogP contribution in [0, 0.1) is 5.41 Å². The maximum absolute atomic E-state index is 3.83. The van der Waals surface area contributed by atoms with E-state index in [-0.39, 0.29) is 0 Å². The Kier molecular flexibility index (Phi) is 9.10. The highest BCUT2D eigenvalue weighted by Crippen LogP contribution is 2.24. The van der Waals surface area contributed by atoms with E-state index in [9.17, 15) is 0 Å². The second-order valence-corrected chi connectivity index (χ2v) is 5.11. The number of rotatable bonds is 11. The van der Waals surface area contributed by atoms with E-state index >= 15 is 0 Å². The van der Waals surface area contributed by atoms with Crippen molar-refractivity contribution in [1.82, 2.24) is 10.2 Å². The zero-order valence-electron chi connectivity index (χ0n) is 12.0. The van der Waals surface area contributed by atoms with E-state index in [1.807, 2.05) is 12.2 Å². The average Bonchev–Trinajstić information content (AvgIpc) is 2.27. The molecule has 0 aromatic carbocycles. The van der Waals surface area contributed by atoms with Crippen LogP contribution in [0.5, 0.6) is 0 Å². The molecule has 0 aliphatic rings. The van der Waals surface area contributed by atoms with Gasteiger partial charge in [0.2, 0.25) is 0 Å². The molecule has 0 heterocycles. The predicted molar refractivity (Wildman–Crippen MR) is 78.4 cm³/mol. The maximum atomic E-state index is 3.83. The van der Waals surface area contributed by atoms with Gasteiger partial charge in [-0.05, 0) is 18.4 Å². The van der Waals surface area contributed by atoms with Gasteiger partial charge in [-0.3, -0.25) is 4.90 Å². The first-order valence-electron chi connectivity index (χ1n) is 6.76. The number of nitrogens with zero attached hydrogens (tertiary/aromatic N) is 1. The van der Waals surface area contributed by atoms with Crippen LogP contribution in [0.25, 0.3) is 0 Å². The van der Waals surface area contributed by atoms with E-state index < -0.39 is 0 Å². The fourth-order valence-electron chi connectivity index (χ4n) is 2.36. The third-order valence-electron chi connectivity index (χ3n) is 3.04. The molecule has 0 fully saturated rings. The van der Waals surface area contributed by atoms with Gasteiger partial charge in [-0.15, -0.1) is 13.2 Å². The van der Waals surface area contributed by atoms with E-state index in [1.54, 1.807) is 0 Å². The molecule has 0 aromatic heterocycles. The van der Waals surface area contributed by atoms with Gasteiger partial charge in [0.15, 0.2) is 0 Å². The molecule has 0 bridgehead atoms. The van der Waals surface area contributed by atoms with Crippen LogP contribution in [0.15, 0.2) is 25.3 Å².